The Balaban J connectivity index is 1.59. The van der Waals surface area contributed by atoms with Gasteiger partial charge in [-0.15, -0.1) is 0 Å². The maximum absolute atomic E-state index is 3.61. The molecule has 1 saturated heterocycles. The highest BCUT2D eigenvalue weighted by molar-refractivity contribution is 7.99. The standard InChI is InChI=1S/C9H17NS/c1-2-6-11-9(3-1)7-10-8-4-5-8/h8-10H,1-7H2. The Morgan fingerprint density at radius 3 is 2.73 bits per heavy atom. The molecule has 1 atom stereocenters. The minimum Gasteiger partial charge on any atom is -0.313 e. The van der Waals surface area contributed by atoms with Crippen molar-refractivity contribution in [2.45, 2.75) is 43.4 Å². The lowest BCUT2D eigenvalue weighted by Crippen LogP contribution is -2.28. The first-order valence-corrected chi connectivity index (χ1v) is 5.85. The van der Waals surface area contributed by atoms with Crippen molar-refractivity contribution in [3.05, 3.63) is 0 Å². The third-order valence-electron chi connectivity index (χ3n) is 2.49. The molecule has 0 aromatic heterocycles. The molecule has 0 radical (unpaired) electrons. The lowest BCUT2D eigenvalue weighted by Gasteiger charge is -2.21. The molecule has 1 saturated carbocycles. The summed E-state index contributed by atoms with van der Waals surface area (Å²) in [5.41, 5.74) is 0. The maximum Gasteiger partial charge on any atom is 0.0172 e. The van der Waals surface area contributed by atoms with Gasteiger partial charge >= 0.3 is 0 Å². The third kappa shape index (κ3) is 2.68. The summed E-state index contributed by atoms with van der Waals surface area (Å²) in [5.74, 6) is 1.40. The molecule has 1 aliphatic heterocycles. The van der Waals surface area contributed by atoms with Crippen LogP contribution in [-0.2, 0) is 0 Å². The van der Waals surface area contributed by atoms with Gasteiger partial charge < -0.3 is 5.32 Å². The van der Waals surface area contributed by atoms with E-state index in [4.69, 9.17) is 0 Å². The predicted octanol–water partition coefficient (Wildman–Crippen LogP) is 2.02. The van der Waals surface area contributed by atoms with Crippen molar-refractivity contribution >= 4 is 11.8 Å². The van der Waals surface area contributed by atoms with Crippen LogP contribution >= 0.6 is 11.8 Å². The van der Waals surface area contributed by atoms with Crippen molar-refractivity contribution in [3.63, 3.8) is 0 Å². The lowest BCUT2D eigenvalue weighted by molar-refractivity contribution is 0.596. The van der Waals surface area contributed by atoms with Crippen LogP contribution in [0.2, 0.25) is 0 Å². The smallest absolute Gasteiger partial charge is 0.0172 e. The lowest BCUT2D eigenvalue weighted by atomic mass is 10.2. The van der Waals surface area contributed by atoms with Gasteiger partial charge in [-0.05, 0) is 31.4 Å². The monoisotopic (exact) mass is 171 g/mol. The molecule has 0 aromatic rings. The minimum absolute atomic E-state index is 0.900. The van der Waals surface area contributed by atoms with Crippen LogP contribution < -0.4 is 5.32 Å². The van der Waals surface area contributed by atoms with Gasteiger partial charge in [-0.2, -0.15) is 11.8 Å². The Kier molecular flexibility index (Phi) is 2.75. The molecule has 64 valence electrons. The van der Waals surface area contributed by atoms with Crippen molar-refractivity contribution in [1.82, 2.24) is 5.32 Å². The summed E-state index contributed by atoms with van der Waals surface area (Å²) in [6, 6.07) is 0.900. The first kappa shape index (κ1) is 7.93. The van der Waals surface area contributed by atoms with Crippen LogP contribution in [0, 0.1) is 0 Å². The van der Waals surface area contributed by atoms with E-state index >= 15 is 0 Å². The zero-order valence-electron chi connectivity index (χ0n) is 7.01. The topological polar surface area (TPSA) is 12.0 Å². The molecule has 1 heterocycles. The van der Waals surface area contributed by atoms with Gasteiger partial charge in [0.15, 0.2) is 0 Å². The first-order valence-electron chi connectivity index (χ1n) is 4.80. The van der Waals surface area contributed by atoms with E-state index in [1.54, 1.807) is 0 Å². The van der Waals surface area contributed by atoms with E-state index in [9.17, 15) is 0 Å². The normalized spacial score (nSPS) is 32.2. The second kappa shape index (κ2) is 3.81. The van der Waals surface area contributed by atoms with Crippen LogP contribution in [0.1, 0.15) is 32.1 Å². The second-order valence-electron chi connectivity index (χ2n) is 3.67. The summed E-state index contributed by atoms with van der Waals surface area (Å²) < 4.78 is 0. The Morgan fingerprint density at radius 1 is 1.18 bits per heavy atom. The minimum atomic E-state index is 0.900. The van der Waals surface area contributed by atoms with Crippen molar-refractivity contribution in [1.29, 1.82) is 0 Å². The van der Waals surface area contributed by atoms with Gasteiger partial charge in [0.05, 0.1) is 0 Å². The van der Waals surface area contributed by atoms with E-state index in [1.165, 1.54) is 44.4 Å². The molecule has 1 N–H and O–H groups in total. The van der Waals surface area contributed by atoms with Gasteiger partial charge in [-0.25, -0.2) is 0 Å². The fraction of sp³-hybridized carbons (Fsp3) is 1.00. The number of nitrogens with one attached hydrogen (secondary N) is 1. The highest BCUT2D eigenvalue weighted by Crippen LogP contribution is 2.26. The fourth-order valence-electron chi connectivity index (χ4n) is 1.55. The van der Waals surface area contributed by atoms with Crippen molar-refractivity contribution in [2.24, 2.45) is 0 Å². The average Bonchev–Trinajstić information content (AvgIpc) is 2.86. The molecule has 0 amide bonds. The largest absolute Gasteiger partial charge is 0.313 e. The number of hydrogen-bond donors (Lipinski definition) is 1. The average molecular weight is 171 g/mol. The van der Waals surface area contributed by atoms with Crippen molar-refractivity contribution < 1.29 is 0 Å². The Hall–Kier alpha value is 0.310. The molecule has 2 heteroatoms. The van der Waals surface area contributed by atoms with E-state index in [0.717, 1.165) is 11.3 Å². The quantitative estimate of drug-likeness (QED) is 0.697. The van der Waals surface area contributed by atoms with Gasteiger partial charge in [0.25, 0.3) is 0 Å². The van der Waals surface area contributed by atoms with Crippen LogP contribution in [-0.4, -0.2) is 23.6 Å². The highest BCUT2D eigenvalue weighted by atomic mass is 32.2. The van der Waals surface area contributed by atoms with E-state index in [2.05, 4.69) is 17.1 Å². The van der Waals surface area contributed by atoms with Crippen LogP contribution in [0.4, 0.5) is 0 Å². The summed E-state index contributed by atoms with van der Waals surface area (Å²) in [5, 5.41) is 4.54. The molecule has 2 aliphatic rings. The molecule has 0 aromatic carbocycles. The molecule has 11 heavy (non-hydrogen) atoms. The van der Waals surface area contributed by atoms with E-state index in [1.807, 2.05) is 0 Å². The summed E-state index contributed by atoms with van der Waals surface area (Å²) >= 11 is 2.17. The maximum atomic E-state index is 3.61. The van der Waals surface area contributed by atoms with Gasteiger partial charge in [-0.3, -0.25) is 0 Å². The Labute approximate surface area is 73.3 Å². The van der Waals surface area contributed by atoms with Gasteiger partial charge in [-0.1, -0.05) is 6.42 Å². The molecule has 1 aliphatic carbocycles. The molecule has 1 unspecified atom stereocenters. The van der Waals surface area contributed by atoms with Gasteiger partial charge in [0, 0.05) is 17.8 Å². The van der Waals surface area contributed by atoms with E-state index in [-0.39, 0.29) is 0 Å². The van der Waals surface area contributed by atoms with Crippen molar-refractivity contribution in [2.75, 3.05) is 12.3 Å². The van der Waals surface area contributed by atoms with E-state index < -0.39 is 0 Å². The van der Waals surface area contributed by atoms with Crippen LogP contribution in [0.15, 0.2) is 0 Å². The summed E-state index contributed by atoms with van der Waals surface area (Å²) in [6.45, 7) is 1.27. The summed E-state index contributed by atoms with van der Waals surface area (Å²) in [7, 11) is 0. The molecule has 2 rings (SSSR count). The van der Waals surface area contributed by atoms with Crippen LogP contribution in [0.3, 0.4) is 0 Å². The SMILES string of the molecule is C1CCC(CNC2CC2)SC1. The van der Waals surface area contributed by atoms with Crippen LogP contribution in [0.25, 0.3) is 0 Å². The molecular formula is C9H17NS. The summed E-state index contributed by atoms with van der Waals surface area (Å²) in [6.07, 6.45) is 7.22. The predicted molar refractivity (Wildman–Crippen MR) is 51.1 cm³/mol. The zero-order valence-corrected chi connectivity index (χ0v) is 7.83. The first-order chi connectivity index (χ1) is 5.45. The van der Waals surface area contributed by atoms with Gasteiger partial charge in [0.1, 0.15) is 0 Å². The van der Waals surface area contributed by atoms with Crippen LogP contribution in [0.5, 0.6) is 0 Å². The molecule has 0 spiro atoms. The Bertz CT molecular complexity index is 117. The zero-order chi connectivity index (χ0) is 7.52. The number of thioether (sulfide) groups is 1. The van der Waals surface area contributed by atoms with E-state index in [0.29, 0.717) is 0 Å². The van der Waals surface area contributed by atoms with Crippen molar-refractivity contribution in [3.8, 4) is 0 Å². The molecular weight excluding hydrogens is 154 g/mol. The van der Waals surface area contributed by atoms with Gasteiger partial charge in [0.2, 0.25) is 0 Å². The molecule has 0 bridgehead atoms. The Morgan fingerprint density at radius 2 is 2.09 bits per heavy atom. The summed E-state index contributed by atoms with van der Waals surface area (Å²) in [4.78, 5) is 0. The highest BCUT2D eigenvalue weighted by Gasteiger charge is 2.22. The molecule has 1 nitrogen and oxygen atoms in total. The third-order valence-corrected chi connectivity index (χ3v) is 3.88. The molecule has 2 fully saturated rings. The number of rotatable bonds is 3. The number of hydrogen-bond acceptors (Lipinski definition) is 2. The second-order valence-corrected chi connectivity index (χ2v) is 5.08. The fourth-order valence-corrected chi connectivity index (χ4v) is 2.81.